The molecule has 0 saturated heterocycles. The van der Waals surface area contributed by atoms with E-state index in [0.29, 0.717) is 5.39 Å². The molecule has 1 heterocycles. The van der Waals surface area contributed by atoms with Gasteiger partial charge in [-0.3, -0.25) is 14.6 Å². The van der Waals surface area contributed by atoms with Crippen molar-refractivity contribution >= 4 is 22.5 Å². The van der Waals surface area contributed by atoms with Crippen LogP contribution in [-0.2, 0) is 0 Å². The normalized spacial score (nSPS) is 15.8. The lowest BCUT2D eigenvalue weighted by Crippen LogP contribution is -2.24. The number of aliphatic hydroxyl groups excluding tert-OH is 2. The number of fused-ring (bicyclic) bond motifs is 4. The predicted octanol–water partition coefficient (Wildman–Crippen LogP) is 2.95. The van der Waals surface area contributed by atoms with E-state index in [1.54, 1.807) is 30.3 Å². The minimum absolute atomic E-state index is 0.0189. The van der Waals surface area contributed by atoms with Gasteiger partial charge in [-0.1, -0.05) is 30.3 Å². The summed E-state index contributed by atoms with van der Waals surface area (Å²) in [5.41, 5.74) is 0.360. The highest BCUT2D eigenvalue weighted by molar-refractivity contribution is 6.33. The molecule has 0 radical (unpaired) electrons. The van der Waals surface area contributed by atoms with E-state index in [2.05, 4.69) is 4.98 Å². The molecule has 3 unspecified atom stereocenters. The molecule has 0 fully saturated rings. The first-order chi connectivity index (χ1) is 15.3. The average molecular weight is 439 g/mol. The Labute approximate surface area is 183 Å². The summed E-state index contributed by atoms with van der Waals surface area (Å²) in [6.07, 6.45) is -2.25. The molecule has 0 aliphatic heterocycles. The molecular weight excluding hydrogens is 417 g/mol. The van der Waals surface area contributed by atoms with Crippen molar-refractivity contribution in [3.05, 3.63) is 64.8 Å². The van der Waals surface area contributed by atoms with E-state index < -0.39 is 42.3 Å². The molecule has 8 heteroatoms. The van der Waals surface area contributed by atoms with Gasteiger partial charge in [-0.05, 0) is 19.4 Å². The predicted molar refractivity (Wildman–Crippen MR) is 114 cm³/mol. The van der Waals surface area contributed by atoms with Gasteiger partial charge in [0.25, 0.3) is 0 Å². The van der Waals surface area contributed by atoms with Crippen LogP contribution >= 0.6 is 0 Å². The molecule has 3 atom stereocenters. The number of aromatic hydroxyl groups is 1. The summed E-state index contributed by atoms with van der Waals surface area (Å²) in [7, 11) is 0. The van der Waals surface area contributed by atoms with Crippen molar-refractivity contribution in [1.82, 2.24) is 4.98 Å². The summed E-state index contributed by atoms with van der Waals surface area (Å²) in [6.45, 7) is 0.972. The van der Waals surface area contributed by atoms with Gasteiger partial charge in [-0.2, -0.15) is 0 Å². The van der Waals surface area contributed by atoms with Crippen LogP contribution in [0.25, 0.3) is 10.9 Å². The first kappa shape index (κ1) is 21.9. The first-order valence-electron chi connectivity index (χ1n) is 10.2. The Morgan fingerprint density at radius 3 is 2.31 bits per heavy atom. The molecule has 0 amide bonds. The number of phenolic OH excluding ortho intramolecular Hbond substituents is 1. The van der Waals surface area contributed by atoms with Crippen LogP contribution in [0.5, 0.6) is 11.5 Å². The van der Waals surface area contributed by atoms with Gasteiger partial charge in [0.2, 0.25) is 0 Å². The summed E-state index contributed by atoms with van der Waals surface area (Å²) < 4.78 is 19.9. The fraction of sp³-hybridized carbons (Fsp3) is 0.292. The fourth-order valence-corrected chi connectivity index (χ4v) is 4.04. The van der Waals surface area contributed by atoms with E-state index in [1.165, 1.54) is 19.2 Å². The number of nitrogens with zero attached hydrogens (tertiary/aromatic N) is 1. The first-order valence-corrected chi connectivity index (χ1v) is 10.2. The van der Waals surface area contributed by atoms with Crippen molar-refractivity contribution in [2.75, 3.05) is 6.61 Å². The Morgan fingerprint density at radius 1 is 1.00 bits per heavy atom. The Morgan fingerprint density at radius 2 is 1.66 bits per heavy atom. The van der Waals surface area contributed by atoms with E-state index in [4.69, 9.17) is 4.74 Å². The van der Waals surface area contributed by atoms with E-state index in [9.17, 15) is 29.3 Å². The van der Waals surface area contributed by atoms with Crippen molar-refractivity contribution in [3.63, 3.8) is 0 Å². The third kappa shape index (κ3) is 3.83. The number of aliphatic hydroxyl groups is 2. The minimum Gasteiger partial charge on any atom is -0.504 e. The number of pyridine rings is 1. The van der Waals surface area contributed by atoms with Crippen LogP contribution in [0.2, 0.25) is 0 Å². The number of alkyl halides is 1. The van der Waals surface area contributed by atoms with Crippen LogP contribution in [0.1, 0.15) is 51.6 Å². The number of halogens is 1. The molecule has 3 aromatic rings. The number of phenols is 1. The van der Waals surface area contributed by atoms with Crippen LogP contribution in [-0.4, -0.2) is 56.9 Å². The zero-order valence-corrected chi connectivity index (χ0v) is 17.3. The third-order valence-corrected chi connectivity index (χ3v) is 5.41. The van der Waals surface area contributed by atoms with Gasteiger partial charge in [0.15, 0.2) is 23.1 Å². The maximum Gasteiger partial charge on any atom is 0.198 e. The van der Waals surface area contributed by atoms with E-state index >= 15 is 0 Å². The molecule has 32 heavy (non-hydrogen) atoms. The van der Waals surface area contributed by atoms with Crippen molar-refractivity contribution in [3.8, 4) is 11.5 Å². The molecule has 0 bridgehead atoms. The van der Waals surface area contributed by atoms with Crippen LogP contribution in [0.3, 0.4) is 0 Å². The summed E-state index contributed by atoms with van der Waals surface area (Å²) in [6, 6.07) is 9.51. The Kier molecular flexibility index (Phi) is 5.90. The number of hydrogen-bond acceptors (Lipinski definition) is 7. The lowest BCUT2D eigenvalue weighted by molar-refractivity contribution is 0.0566. The molecule has 4 rings (SSSR count). The topological polar surface area (TPSA) is 117 Å². The largest absolute Gasteiger partial charge is 0.504 e. The van der Waals surface area contributed by atoms with Gasteiger partial charge >= 0.3 is 0 Å². The Balaban J connectivity index is 1.74. The van der Waals surface area contributed by atoms with Gasteiger partial charge in [0.1, 0.15) is 18.3 Å². The number of hydrogen-bond donors (Lipinski definition) is 3. The van der Waals surface area contributed by atoms with Crippen LogP contribution in [0.4, 0.5) is 4.39 Å². The number of carbonyl (C=O) groups is 2. The SMILES string of the molecule is CC(O)CC(O)CC(F)COc1c(O)c2c(c3cccnc13)C(=O)c1ccccc1C2=O. The molecular formula is C24H22FNO6. The second-order valence-electron chi connectivity index (χ2n) is 7.91. The molecule has 7 nitrogen and oxygen atoms in total. The number of aromatic nitrogens is 1. The van der Waals surface area contributed by atoms with Crippen molar-refractivity contribution in [2.45, 2.75) is 38.1 Å². The molecule has 3 N–H and O–H groups in total. The van der Waals surface area contributed by atoms with Crippen LogP contribution in [0.15, 0.2) is 42.6 Å². The quantitative estimate of drug-likeness (QED) is 0.405. The highest BCUT2D eigenvalue weighted by Gasteiger charge is 2.36. The smallest absolute Gasteiger partial charge is 0.198 e. The van der Waals surface area contributed by atoms with E-state index in [0.717, 1.165) is 0 Å². The van der Waals surface area contributed by atoms with Gasteiger partial charge < -0.3 is 20.1 Å². The van der Waals surface area contributed by atoms with E-state index in [1.807, 2.05) is 0 Å². The fourth-order valence-electron chi connectivity index (χ4n) is 4.04. The van der Waals surface area contributed by atoms with Gasteiger partial charge in [0.05, 0.1) is 17.8 Å². The maximum atomic E-state index is 14.4. The molecule has 2 aromatic carbocycles. The molecule has 0 spiro atoms. The highest BCUT2D eigenvalue weighted by atomic mass is 19.1. The molecule has 1 aromatic heterocycles. The lowest BCUT2D eigenvalue weighted by atomic mass is 9.81. The molecule has 1 aliphatic rings. The second-order valence-corrected chi connectivity index (χ2v) is 7.91. The zero-order chi connectivity index (χ0) is 23.0. The summed E-state index contributed by atoms with van der Waals surface area (Å²) in [5.74, 6) is -1.73. The van der Waals surface area contributed by atoms with Crippen LogP contribution in [0, 0.1) is 0 Å². The van der Waals surface area contributed by atoms with E-state index in [-0.39, 0.29) is 46.4 Å². The van der Waals surface area contributed by atoms with Crippen molar-refractivity contribution in [2.24, 2.45) is 0 Å². The Bertz CT molecular complexity index is 1210. The van der Waals surface area contributed by atoms with Gasteiger partial charge in [0, 0.05) is 34.7 Å². The number of carbonyl (C=O) groups excluding carboxylic acids is 2. The number of ketones is 2. The highest BCUT2D eigenvalue weighted by Crippen LogP contribution is 2.44. The monoisotopic (exact) mass is 439 g/mol. The van der Waals surface area contributed by atoms with Crippen LogP contribution < -0.4 is 4.74 Å². The minimum atomic E-state index is -1.60. The number of benzene rings is 2. The third-order valence-electron chi connectivity index (χ3n) is 5.41. The zero-order valence-electron chi connectivity index (χ0n) is 17.3. The average Bonchev–Trinajstić information content (AvgIpc) is 2.75. The van der Waals surface area contributed by atoms with Crippen molar-refractivity contribution in [1.29, 1.82) is 0 Å². The standard InChI is InChI=1S/C24H22FNO6/c1-12(27)9-14(28)10-13(25)11-32-24-20-17(7-4-8-26-20)18-19(23(24)31)22(30)16-6-3-2-5-15(16)21(18)29/h2-8,12-14,27-28,31H,9-11H2,1H3. The summed E-state index contributed by atoms with van der Waals surface area (Å²) >= 11 is 0. The molecule has 166 valence electrons. The Hall–Kier alpha value is -3.36. The van der Waals surface area contributed by atoms with Gasteiger partial charge in [-0.25, -0.2) is 4.39 Å². The molecule has 0 saturated carbocycles. The number of ether oxygens (including phenoxy) is 1. The van der Waals surface area contributed by atoms with Gasteiger partial charge in [-0.15, -0.1) is 0 Å². The second kappa shape index (κ2) is 8.64. The maximum absolute atomic E-state index is 14.4. The summed E-state index contributed by atoms with van der Waals surface area (Å²) in [4.78, 5) is 30.5. The van der Waals surface area contributed by atoms with Crippen molar-refractivity contribution < 1.29 is 34.0 Å². The lowest BCUT2D eigenvalue weighted by Gasteiger charge is -2.22. The summed E-state index contributed by atoms with van der Waals surface area (Å²) in [5, 5.41) is 30.4. The number of rotatable bonds is 7. The molecule has 1 aliphatic carbocycles.